The number of aryl methyl sites for hydroxylation is 1. The molecule has 2 aromatic carbocycles. The van der Waals surface area contributed by atoms with Gasteiger partial charge in [0.25, 0.3) is 11.8 Å². The molecule has 9 heteroatoms. The predicted octanol–water partition coefficient (Wildman–Crippen LogP) is 5.61. The average molecular weight is 517 g/mol. The number of rotatable bonds is 10. The average Bonchev–Trinajstić information content (AvgIpc) is 3.39. The van der Waals surface area contributed by atoms with Crippen LogP contribution in [0.5, 0.6) is 17.4 Å². The zero-order valence-electron chi connectivity index (χ0n) is 22.0. The van der Waals surface area contributed by atoms with E-state index in [2.05, 4.69) is 41.3 Å². The number of nitrogens with zero attached hydrogens (tertiary/aromatic N) is 3. The highest BCUT2D eigenvalue weighted by molar-refractivity contribution is 5.94. The Kier molecular flexibility index (Phi) is 8.25. The van der Waals surface area contributed by atoms with Crippen molar-refractivity contribution < 1.29 is 24.2 Å². The lowest BCUT2D eigenvalue weighted by Gasteiger charge is -2.18. The van der Waals surface area contributed by atoms with Crippen LogP contribution in [0.15, 0.2) is 52.9 Å². The highest BCUT2D eigenvalue weighted by atomic mass is 16.5. The Morgan fingerprint density at radius 2 is 1.84 bits per heavy atom. The van der Waals surface area contributed by atoms with Gasteiger partial charge in [-0.3, -0.25) is 4.79 Å². The lowest BCUT2D eigenvalue weighted by atomic mass is 9.92. The molecule has 0 aliphatic carbocycles. The summed E-state index contributed by atoms with van der Waals surface area (Å²) >= 11 is 0. The molecule has 0 bridgehead atoms. The van der Waals surface area contributed by atoms with Gasteiger partial charge in [-0.25, -0.2) is 4.98 Å². The Bertz CT molecular complexity index is 1420. The molecule has 38 heavy (non-hydrogen) atoms. The number of carbonyl (C=O) groups is 1. The fourth-order valence-corrected chi connectivity index (χ4v) is 4.17. The molecule has 3 N–H and O–H groups in total. The maximum Gasteiger partial charge on any atom is 0.257 e. The van der Waals surface area contributed by atoms with E-state index < -0.39 is 5.88 Å². The first-order chi connectivity index (χ1) is 18.3. The van der Waals surface area contributed by atoms with Crippen LogP contribution in [-0.4, -0.2) is 38.4 Å². The van der Waals surface area contributed by atoms with Crippen molar-refractivity contribution in [3.05, 3.63) is 71.2 Å². The van der Waals surface area contributed by atoms with Gasteiger partial charge in [-0.15, -0.1) is 10.2 Å². The molecule has 1 amide bonds. The van der Waals surface area contributed by atoms with Crippen LogP contribution < -0.4 is 10.1 Å². The van der Waals surface area contributed by atoms with Gasteiger partial charge in [0.05, 0.1) is 19.3 Å². The fourth-order valence-electron chi connectivity index (χ4n) is 4.17. The van der Waals surface area contributed by atoms with Gasteiger partial charge in [-0.2, -0.15) is 0 Å². The van der Waals surface area contributed by atoms with Crippen LogP contribution in [-0.2, 0) is 13.0 Å². The third-order valence-electron chi connectivity index (χ3n) is 6.27. The molecule has 0 spiro atoms. The van der Waals surface area contributed by atoms with E-state index in [1.165, 1.54) is 0 Å². The molecule has 0 atom stereocenters. The summed E-state index contributed by atoms with van der Waals surface area (Å²) in [5.41, 5.74) is 3.13. The SMILES string of the molecule is CCCCc1nc(O)c(-c2nnc(CNC(=O)c3ccccc3)o2)c(O)c1-c1cc(C(C)C)ccc1OC. The lowest BCUT2D eigenvalue weighted by Crippen LogP contribution is -2.22. The highest BCUT2D eigenvalue weighted by Crippen LogP contribution is 2.47. The highest BCUT2D eigenvalue weighted by Gasteiger charge is 2.27. The van der Waals surface area contributed by atoms with Crippen LogP contribution in [0.25, 0.3) is 22.6 Å². The Hall–Kier alpha value is -4.40. The molecule has 4 aromatic rings. The number of aromatic hydroxyl groups is 2. The third kappa shape index (κ3) is 5.61. The molecule has 0 radical (unpaired) electrons. The minimum absolute atomic E-state index is 0.0264. The second-order valence-electron chi connectivity index (χ2n) is 9.25. The zero-order chi connectivity index (χ0) is 27.2. The first-order valence-corrected chi connectivity index (χ1v) is 12.6. The fraction of sp³-hybridized carbons (Fsp3) is 0.310. The third-order valence-corrected chi connectivity index (χ3v) is 6.27. The number of amides is 1. The summed E-state index contributed by atoms with van der Waals surface area (Å²) < 4.78 is 11.3. The van der Waals surface area contributed by atoms with Crippen molar-refractivity contribution >= 4 is 5.91 Å². The van der Waals surface area contributed by atoms with Crippen molar-refractivity contribution in [3.63, 3.8) is 0 Å². The minimum atomic E-state index is -0.417. The van der Waals surface area contributed by atoms with Crippen LogP contribution >= 0.6 is 0 Å². The second-order valence-corrected chi connectivity index (χ2v) is 9.25. The van der Waals surface area contributed by atoms with E-state index in [1.54, 1.807) is 31.4 Å². The van der Waals surface area contributed by atoms with Crippen LogP contribution in [0, 0.1) is 0 Å². The molecule has 2 aromatic heterocycles. The largest absolute Gasteiger partial charge is 0.506 e. The topological polar surface area (TPSA) is 131 Å². The molecule has 0 aliphatic rings. The van der Waals surface area contributed by atoms with E-state index in [9.17, 15) is 15.0 Å². The Morgan fingerprint density at radius 1 is 1.08 bits per heavy atom. The number of methoxy groups -OCH3 is 1. The number of carbonyl (C=O) groups excluding carboxylic acids is 1. The van der Waals surface area contributed by atoms with Gasteiger partial charge < -0.3 is 24.7 Å². The van der Waals surface area contributed by atoms with Gasteiger partial charge >= 0.3 is 0 Å². The summed E-state index contributed by atoms with van der Waals surface area (Å²) in [6, 6.07) is 14.6. The number of benzene rings is 2. The summed E-state index contributed by atoms with van der Waals surface area (Å²) in [7, 11) is 1.57. The summed E-state index contributed by atoms with van der Waals surface area (Å²) in [6.45, 7) is 6.20. The van der Waals surface area contributed by atoms with Crippen LogP contribution in [0.1, 0.15) is 67.0 Å². The number of aromatic nitrogens is 3. The molecule has 0 saturated heterocycles. The van der Waals surface area contributed by atoms with E-state index in [0.717, 1.165) is 18.4 Å². The van der Waals surface area contributed by atoms with E-state index in [0.29, 0.717) is 34.6 Å². The van der Waals surface area contributed by atoms with E-state index in [1.807, 2.05) is 24.3 Å². The van der Waals surface area contributed by atoms with Gasteiger partial charge in [-0.05, 0) is 48.6 Å². The van der Waals surface area contributed by atoms with Gasteiger partial charge in [-0.1, -0.05) is 51.5 Å². The molecule has 0 unspecified atom stereocenters. The summed E-state index contributed by atoms with van der Waals surface area (Å²) in [5.74, 6) is -0.132. The molecule has 0 fully saturated rings. The van der Waals surface area contributed by atoms with E-state index in [-0.39, 0.29) is 41.5 Å². The van der Waals surface area contributed by atoms with Crippen molar-refractivity contribution in [2.45, 2.75) is 52.5 Å². The Labute approximate surface area is 221 Å². The number of hydrogen-bond acceptors (Lipinski definition) is 8. The molecule has 4 rings (SSSR count). The normalized spacial score (nSPS) is 11.1. The number of unbranched alkanes of at least 4 members (excludes halogenated alkanes) is 1. The molecular formula is C29H32N4O5. The quantitative estimate of drug-likeness (QED) is 0.248. The Balaban J connectivity index is 1.74. The smallest absolute Gasteiger partial charge is 0.257 e. The summed E-state index contributed by atoms with van der Waals surface area (Å²) in [5, 5.41) is 33.1. The van der Waals surface area contributed by atoms with Crippen molar-refractivity contribution in [2.24, 2.45) is 0 Å². The summed E-state index contributed by atoms with van der Waals surface area (Å²) in [4.78, 5) is 16.8. The van der Waals surface area contributed by atoms with Gasteiger partial charge in [0.2, 0.25) is 11.8 Å². The van der Waals surface area contributed by atoms with Crippen LogP contribution in [0.4, 0.5) is 0 Å². The summed E-state index contributed by atoms with van der Waals surface area (Å²) in [6.07, 6.45) is 2.27. The van der Waals surface area contributed by atoms with Crippen molar-refractivity contribution in [3.8, 4) is 40.0 Å². The molecule has 0 saturated carbocycles. The molecular weight excluding hydrogens is 484 g/mol. The van der Waals surface area contributed by atoms with E-state index >= 15 is 0 Å². The zero-order valence-corrected chi connectivity index (χ0v) is 22.0. The maximum absolute atomic E-state index is 12.4. The van der Waals surface area contributed by atoms with Crippen LogP contribution in [0.3, 0.4) is 0 Å². The predicted molar refractivity (Wildman–Crippen MR) is 143 cm³/mol. The van der Waals surface area contributed by atoms with Gasteiger partial charge in [0, 0.05) is 16.7 Å². The van der Waals surface area contributed by atoms with Gasteiger partial charge in [0.1, 0.15) is 17.1 Å². The first kappa shape index (κ1) is 26.7. The number of nitrogens with one attached hydrogen (secondary N) is 1. The lowest BCUT2D eigenvalue weighted by molar-refractivity contribution is 0.0947. The molecule has 2 heterocycles. The monoisotopic (exact) mass is 516 g/mol. The van der Waals surface area contributed by atoms with Gasteiger partial charge in [0.15, 0.2) is 0 Å². The number of hydrogen-bond donors (Lipinski definition) is 3. The number of ether oxygens (including phenoxy) is 1. The number of pyridine rings is 1. The Morgan fingerprint density at radius 3 is 2.53 bits per heavy atom. The van der Waals surface area contributed by atoms with Crippen molar-refractivity contribution in [1.29, 1.82) is 0 Å². The molecule has 0 aliphatic heterocycles. The second kappa shape index (κ2) is 11.8. The minimum Gasteiger partial charge on any atom is -0.506 e. The molecule has 198 valence electrons. The maximum atomic E-state index is 12.4. The standard InChI is InChI=1S/C29H32N4O5/c1-5-6-12-21-24(20-15-19(17(2)3)13-14-22(20)37-4)26(34)25(28(36)31-21)29-33-32-23(38-29)16-30-27(35)18-10-8-7-9-11-18/h7-11,13-15,17H,5-6,12,16H2,1-4H3,(H,30,35)(H2,31,34,36). The molecule has 9 nitrogen and oxygen atoms in total. The van der Waals surface area contributed by atoms with E-state index in [4.69, 9.17) is 9.15 Å². The van der Waals surface area contributed by atoms with Crippen molar-refractivity contribution in [1.82, 2.24) is 20.5 Å². The van der Waals surface area contributed by atoms with Crippen molar-refractivity contribution in [2.75, 3.05) is 7.11 Å². The first-order valence-electron chi connectivity index (χ1n) is 12.6. The van der Waals surface area contributed by atoms with Crippen LogP contribution in [0.2, 0.25) is 0 Å².